The second-order valence-electron chi connectivity index (χ2n) is 3.18. The smallest absolute Gasteiger partial charge is 0.0904 e. The number of nitrogens with one attached hydrogen (secondary N) is 1. The highest BCUT2D eigenvalue weighted by atomic mass is 35.5. The van der Waals surface area contributed by atoms with Gasteiger partial charge in [-0.15, -0.1) is 11.3 Å². The summed E-state index contributed by atoms with van der Waals surface area (Å²) in [6.45, 7) is 0. The van der Waals surface area contributed by atoms with E-state index >= 15 is 0 Å². The van der Waals surface area contributed by atoms with Crippen LogP contribution in [0.1, 0.15) is 17.3 Å². The Balaban J connectivity index is 2.44. The average molecular weight is 274 g/mol. The van der Waals surface area contributed by atoms with Crippen LogP contribution in [0.15, 0.2) is 29.1 Å². The summed E-state index contributed by atoms with van der Waals surface area (Å²) >= 11 is 13.5. The Kier molecular flexibility index (Phi) is 3.78. The maximum Gasteiger partial charge on any atom is 0.0904 e. The molecule has 0 aliphatic rings. The standard InChI is InChI=1S/C10H9Cl2N3S/c11-6-1-2-8(12)7(3-6)10(15-13)9-4-16-5-14-9/h1-5,10,15H,13H2. The SMILES string of the molecule is NNC(c1cscn1)c1cc(Cl)ccc1Cl. The van der Waals surface area contributed by atoms with Gasteiger partial charge in [-0.2, -0.15) is 0 Å². The zero-order chi connectivity index (χ0) is 11.5. The Morgan fingerprint density at radius 1 is 1.38 bits per heavy atom. The lowest BCUT2D eigenvalue weighted by atomic mass is 10.1. The molecule has 0 fully saturated rings. The maximum absolute atomic E-state index is 6.11. The molecule has 1 heterocycles. The van der Waals surface area contributed by atoms with E-state index in [4.69, 9.17) is 29.0 Å². The van der Waals surface area contributed by atoms with Gasteiger partial charge in [-0.25, -0.2) is 10.4 Å². The minimum atomic E-state index is -0.238. The molecule has 0 saturated heterocycles. The van der Waals surface area contributed by atoms with Gasteiger partial charge in [0.15, 0.2) is 0 Å². The van der Waals surface area contributed by atoms with Crippen molar-refractivity contribution in [2.45, 2.75) is 6.04 Å². The van der Waals surface area contributed by atoms with Gasteiger partial charge >= 0.3 is 0 Å². The molecule has 3 nitrogen and oxygen atoms in total. The molecule has 1 aromatic heterocycles. The highest BCUT2D eigenvalue weighted by molar-refractivity contribution is 7.07. The van der Waals surface area contributed by atoms with Crippen molar-refractivity contribution in [1.82, 2.24) is 10.4 Å². The first-order valence-corrected chi connectivity index (χ1v) is 6.21. The number of halogens is 2. The van der Waals surface area contributed by atoms with Crippen LogP contribution in [0.4, 0.5) is 0 Å². The van der Waals surface area contributed by atoms with Crippen LogP contribution in [-0.4, -0.2) is 4.98 Å². The number of hydrogen-bond donors (Lipinski definition) is 2. The summed E-state index contributed by atoms with van der Waals surface area (Å²) in [5.74, 6) is 5.53. The van der Waals surface area contributed by atoms with E-state index < -0.39 is 0 Å². The largest absolute Gasteiger partial charge is 0.271 e. The van der Waals surface area contributed by atoms with Crippen molar-refractivity contribution in [3.8, 4) is 0 Å². The van der Waals surface area contributed by atoms with E-state index in [1.54, 1.807) is 23.7 Å². The van der Waals surface area contributed by atoms with Gasteiger partial charge in [-0.1, -0.05) is 23.2 Å². The quantitative estimate of drug-likeness (QED) is 0.668. The first kappa shape index (κ1) is 11.8. The summed E-state index contributed by atoms with van der Waals surface area (Å²) in [6, 6.07) is 5.03. The van der Waals surface area contributed by atoms with E-state index in [-0.39, 0.29) is 6.04 Å². The summed E-state index contributed by atoms with van der Waals surface area (Å²) in [7, 11) is 0. The number of nitrogens with zero attached hydrogens (tertiary/aromatic N) is 1. The van der Waals surface area contributed by atoms with Gasteiger partial charge in [-0.05, 0) is 23.8 Å². The molecule has 0 radical (unpaired) electrons. The van der Waals surface area contributed by atoms with Crippen LogP contribution in [-0.2, 0) is 0 Å². The molecule has 1 aromatic carbocycles. The summed E-state index contributed by atoms with van der Waals surface area (Å²) in [5.41, 5.74) is 6.09. The maximum atomic E-state index is 6.11. The van der Waals surface area contributed by atoms with Gasteiger partial charge in [0.25, 0.3) is 0 Å². The molecule has 2 rings (SSSR count). The lowest BCUT2D eigenvalue weighted by Gasteiger charge is -2.15. The lowest BCUT2D eigenvalue weighted by Crippen LogP contribution is -2.29. The predicted octanol–water partition coefficient (Wildman–Crippen LogP) is 3.00. The van der Waals surface area contributed by atoms with Gasteiger partial charge < -0.3 is 0 Å². The van der Waals surface area contributed by atoms with Gasteiger partial charge in [-0.3, -0.25) is 5.84 Å². The highest BCUT2D eigenvalue weighted by Gasteiger charge is 2.17. The number of thiazole rings is 1. The van der Waals surface area contributed by atoms with E-state index in [0.717, 1.165) is 11.3 Å². The van der Waals surface area contributed by atoms with Crippen LogP contribution in [0.25, 0.3) is 0 Å². The molecule has 3 N–H and O–H groups in total. The van der Waals surface area contributed by atoms with Crippen LogP contribution in [0.5, 0.6) is 0 Å². The summed E-state index contributed by atoms with van der Waals surface area (Å²) in [4.78, 5) is 4.21. The van der Waals surface area contributed by atoms with Crippen LogP contribution in [0, 0.1) is 0 Å². The van der Waals surface area contributed by atoms with Crippen LogP contribution in [0.2, 0.25) is 10.0 Å². The first-order valence-electron chi connectivity index (χ1n) is 4.51. The summed E-state index contributed by atoms with van der Waals surface area (Å²) in [6.07, 6.45) is 0. The van der Waals surface area contributed by atoms with Crippen LogP contribution >= 0.6 is 34.5 Å². The molecule has 0 aliphatic heterocycles. The highest BCUT2D eigenvalue weighted by Crippen LogP contribution is 2.29. The first-order chi connectivity index (χ1) is 7.72. The Hall–Kier alpha value is -0.650. The zero-order valence-corrected chi connectivity index (χ0v) is 10.5. The molecular weight excluding hydrogens is 265 g/mol. The third-order valence-electron chi connectivity index (χ3n) is 2.18. The van der Waals surface area contributed by atoms with Crippen molar-refractivity contribution in [1.29, 1.82) is 0 Å². The van der Waals surface area contributed by atoms with Gasteiger partial charge in [0.1, 0.15) is 0 Å². The fourth-order valence-corrected chi connectivity index (χ4v) is 2.42. The minimum absolute atomic E-state index is 0.238. The van der Waals surface area contributed by atoms with Gasteiger partial charge in [0, 0.05) is 15.4 Å². The minimum Gasteiger partial charge on any atom is -0.271 e. The lowest BCUT2D eigenvalue weighted by molar-refractivity contribution is 0.624. The third-order valence-corrected chi connectivity index (χ3v) is 3.37. The summed E-state index contributed by atoms with van der Waals surface area (Å²) < 4.78 is 0. The number of hydrogen-bond acceptors (Lipinski definition) is 4. The topological polar surface area (TPSA) is 50.9 Å². The molecular formula is C10H9Cl2N3S. The average Bonchev–Trinajstić information content (AvgIpc) is 2.78. The number of aromatic nitrogens is 1. The molecule has 0 spiro atoms. The van der Waals surface area contributed by atoms with Crippen molar-refractivity contribution >= 4 is 34.5 Å². The Bertz CT molecular complexity index is 473. The molecule has 2 aromatic rings. The Morgan fingerprint density at radius 2 is 2.19 bits per heavy atom. The van der Waals surface area contributed by atoms with E-state index in [1.165, 1.54) is 11.3 Å². The zero-order valence-electron chi connectivity index (χ0n) is 8.15. The number of rotatable bonds is 3. The van der Waals surface area contributed by atoms with Crippen molar-refractivity contribution in [3.05, 3.63) is 50.4 Å². The second kappa shape index (κ2) is 5.12. The molecule has 6 heteroatoms. The monoisotopic (exact) mass is 273 g/mol. The molecule has 0 amide bonds. The van der Waals surface area contributed by atoms with Crippen LogP contribution in [0.3, 0.4) is 0 Å². The molecule has 16 heavy (non-hydrogen) atoms. The summed E-state index contributed by atoms with van der Waals surface area (Å²) in [5, 5.41) is 3.15. The number of nitrogens with two attached hydrogens (primary N) is 1. The molecule has 0 aliphatic carbocycles. The number of hydrazine groups is 1. The Morgan fingerprint density at radius 3 is 2.81 bits per heavy atom. The van der Waals surface area contributed by atoms with Crippen molar-refractivity contribution in [2.75, 3.05) is 0 Å². The molecule has 84 valence electrons. The fraction of sp³-hybridized carbons (Fsp3) is 0.100. The second-order valence-corrected chi connectivity index (χ2v) is 4.74. The van der Waals surface area contributed by atoms with Gasteiger partial charge in [0.2, 0.25) is 0 Å². The van der Waals surface area contributed by atoms with Gasteiger partial charge in [0.05, 0.1) is 17.2 Å². The predicted molar refractivity (Wildman–Crippen MR) is 67.7 cm³/mol. The van der Waals surface area contributed by atoms with E-state index in [0.29, 0.717) is 10.0 Å². The van der Waals surface area contributed by atoms with Crippen molar-refractivity contribution < 1.29 is 0 Å². The van der Waals surface area contributed by atoms with E-state index in [9.17, 15) is 0 Å². The third kappa shape index (κ3) is 2.36. The molecule has 1 unspecified atom stereocenters. The van der Waals surface area contributed by atoms with E-state index in [2.05, 4.69) is 10.4 Å². The Labute approximate surface area is 107 Å². The molecule has 1 atom stereocenters. The van der Waals surface area contributed by atoms with Crippen molar-refractivity contribution in [3.63, 3.8) is 0 Å². The normalized spacial score (nSPS) is 12.7. The molecule has 0 saturated carbocycles. The number of benzene rings is 1. The van der Waals surface area contributed by atoms with Crippen LogP contribution < -0.4 is 11.3 Å². The van der Waals surface area contributed by atoms with E-state index in [1.807, 2.05) is 5.38 Å². The fourth-order valence-electron chi connectivity index (χ4n) is 1.43. The van der Waals surface area contributed by atoms with Crippen molar-refractivity contribution in [2.24, 2.45) is 5.84 Å². The molecule has 0 bridgehead atoms.